The lowest BCUT2D eigenvalue weighted by molar-refractivity contribution is -0.126. The molecule has 5 heteroatoms. The second-order valence-corrected chi connectivity index (χ2v) is 7.25. The van der Waals surface area contributed by atoms with Crippen LogP contribution in [0.25, 0.3) is 0 Å². The molecular weight excluding hydrogens is 342 g/mol. The van der Waals surface area contributed by atoms with Crippen molar-refractivity contribution in [3.8, 4) is 0 Å². The Morgan fingerprint density at radius 2 is 1.91 bits per heavy atom. The van der Waals surface area contributed by atoms with E-state index in [1.165, 1.54) is 5.56 Å². The first-order valence-corrected chi connectivity index (χ1v) is 8.77. The smallest absolute Gasteiger partial charge is 0.224 e. The molecule has 2 rings (SSSR count). The summed E-state index contributed by atoms with van der Waals surface area (Å²) in [6, 6.07) is 8.66. The molecule has 0 aliphatic carbocycles. The van der Waals surface area contributed by atoms with Crippen LogP contribution in [0.5, 0.6) is 0 Å². The number of nitrogens with one attached hydrogen (secondary N) is 1. The van der Waals surface area contributed by atoms with E-state index in [9.17, 15) is 4.79 Å². The summed E-state index contributed by atoms with van der Waals surface area (Å²) in [6.45, 7) is 6.79. The molecule has 1 amide bonds. The molecule has 2 atom stereocenters. The van der Waals surface area contributed by atoms with Gasteiger partial charge in [-0.15, -0.1) is 0 Å². The van der Waals surface area contributed by atoms with E-state index in [0.29, 0.717) is 0 Å². The summed E-state index contributed by atoms with van der Waals surface area (Å²) in [5.41, 5.74) is 7.12. The highest BCUT2D eigenvalue weighted by Crippen LogP contribution is 2.16. The standard InChI is InChI=1S/C17H26BrN3O/c1-12(13(2)19)17(22)20-16-7-9-21(10-8-16)11-14-3-5-15(18)6-4-14/h3-6,12-13,16H,7-11,19H2,1-2H3,(H,20,22). The maximum atomic E-state index is 12.0. The van der Waals surface area contributed by atoms with Crippen LogP contribution in [-0.4, -0.2) is 36.0 Å². The molecule has 2 unspecified atom stereocenters. The number of halogens is 1. The van der Waals surface area contributed by atoms with E-state index >= 15 is 0 Å². The Kier molecular flexibility index (Phi) is 6.41. The molecule has 1 aromatic carbocycles. The second kappa shape index (κ2) is 8.09. The Balaban J connectivity index is 1.76. The molecule has 0 spiro atoms. The SMILES string of the molecule is CC(N)C(C)C(=O)NC1CCN(Cc2ccc(Br)cc2)CC1. The predicted octanol–water partition coefficient (Wildman–Crippen LogP) is 2.51. The number of hydrogen-bond acceptors (Lipinski definition) is 3. The van der Waals surface area contributed by atoms with Crippen molar-refractivity contribution in [2.24, 2.45) is 11.7 Å². The van der Waals surface area contributed by atoms with E-state index in [-0.39, 0.29) is 23.9 Å². The largest absolute Gasteiger partial charge is 0.353 e. The van der Waals surface area contributed by atoms with E-state index in [1.807, 2.05) is 13.8 Å². The van der Waals surface area contributed by atoms with Gasteiger partial charge in [-0.05, 0) is 37.5 Å². The fourth-order valence-corrected chi connectivity index (χ4v) is 2.92. The molecule has 0 aromatic heterocycles. The van der Waals surface area contributed by atoms with Crippen LogP contribution in [-0.2, 0) is 11.3 Å². The van der Waals surface area contributed by atoms with Gasteiger partial charge in [0, 0.05) is 42.1 Å². The average molecular weight is 368 g/mol. The normalized spacial score (nSPS) is 19.6. The minimum atomic E-state index is -0.124. The molecule has 122 valence electrons. The van der Waals surface area contributed by atoms with Crippen molar-refractivity contribution in [1.82, 2.24) is 10.2 Å². The van der Waals surface area contributed by atoms with E-state index in [1.54, 1.807) is 0 Å². The first-order chi connectivity index (χ1) is 10.5. The minimum Gasteiger partial charge on any atom is -0.353 e. The summed E-state index contributed by atoms with van der Waals surface area (Å²) in [6.07, 6.45) is 2.02. The number of rotatable bonds is 5. The summed E-state index contributed by atoms with van der Waals surface area (Å²) in [5, 5.41) is 3.14. The monoisotopic (exact) mass is 367 g/mol. The third kappa shape index (κ3) is 5.07. The maximum absolute atomic E-state index is 12.0. The fraction of sp³-hybridized carbons (Fsp3) is 0.588. The van der Waals surface area contributed by atoms with Crippen LogP contribution in [0.15, 0.2) is 28.7 Å². The lowest BCUT2D eigenvalue weighted by Gasteiger charge is -2.33. The van der Waals surface area contributed by atoms with Gasteiger partial charge >= 0.3 is 0 Å². The quantitative estimate of drug-likeness (QED) is 0.840. The number of nitrogens with zero attached hydrogens (tertiary/aromatic N) is 1. The van der Waals surface area contributed by atoms with E-state index in [4.69, 9.17) is 5.73 Å². The lowest BCUT2D eigenvalue weighted by Crippen LogP contribution is -2.48. The summed E-state index contributed by atoms with van der Waals surface area (Å²) >= 11 is 3.46. The maximum Gasteiger partial charge on any atom is 0.224 e. The number of carbonyl (C=O) groups excluding carboxylic acids is 1. The zero-order valence-corrected chi connectivity index (χ0v) is 15.0. The number of piperidine rings is 1. The lowest BCUT2D eigenvalue weighted by atomic mass is 10.00. The van der Waals surface area contributed by atoms with E-state index < -0.39 is 0 Å². The van der Waals surface area contributed by atoms with E-state index in [0.717, 1.165) is 36.9 Å². The molecule has 1 heterocycles. The van der Waals surface area contributed by atoms with Gasteiger partial charge in [-0.2, -0.15) is 0 Å². The van der Waals surface area contributed by atoms with Gasteiger partial charge in [-0.25, -0.2) is 0 Å². The second-order valence-electron chi connectivity index (χ2n) is 6.33. The molecule has 1 aromatic rings. The number of hydrogen-bond donors (Lipinski definition) is 2. The van der Waals surface area contributed by atoms with Crippen LogP contribution in [0.3, 0.4) is 0 Å². The molecule has 1 saturated heterocycles. The number of nitrogens with two attached hydrogens (primary N) is 1. The summed E-state index contributed by atoms with van der Waals surface area (Å²) in [5.74, 6) is -0.0397. The minimum absolute atomic E-state index is 0.0846. The van der Waals surface area contributed by atoms with Crippen molar-refractivity contribution < 1.29 is 4.79 Å². The number of amides is 1. The first kappa shape index (κ1) is 17.4. The molecule has 0 saturated carbocycles. The van der Waals surface area contributed by atoms with Crippen LogP contribution in [0.4, 0.5) is 0 Å². The van der Waals surface area contributed by atoms with Crippen molar-refractivity contribution in [2.45, 2.75) is 45.3 Å². The molecule has 1 aliphatic rings. The van der Waals surface area contributed by atoms with Gasteiger partial charge in [0.05, 0.1) is 0 Å². The third-order valence-corrected chi connectivity index (χ3v) is 4.98. The van der Waals surface area contributed by atoms with Crippen molar-refractivity contribution in [3.05, 3.63) is 34.3 Å². The van der Waals surface area contributed by atoms with Gasteiger partial charge in [-0.3, -0.25) is 9.69 Å². The molecule has 4 nitrogen and oxygen atoms in total. The van der Waals surface area contributed by atoms with Gasteiger partial charge in [-0.1, -0.05) is 35.0 Å². The Morgan fingerprint density at radius 3 is 2.45 bits per heavy atom. The van der Waals surface area contributed by atoms with Crippen LogP contribution in [0, 0.1) is 5.92 Å². The van der Waals surface area contributed by atoms with Crippen molar-refractivity contribution in [1.29, 1.82) is 0 Å². The Labute approximate surface area is 141 Å². The van der Waals surface area contributed by atoms with Crippen molar-refractivity contribution >= 4 is 21.8 Å². The van der Waals surface area contributed by atoms with Gasteiger partial charge in [0.15, 0.2) is 0 Å². The van der Waals surface area contributed by atoms with Gasteiger partial charge < -0.3 is 11.1 Å². The third-order valence-electron chi connectivity index (χ3n) is 4.46. The summed E-state index contributed by atoms with van der Waals surface area (Å²) < 4.78 is 1.11. The van der Waals surface area contributed by atoms with Crippen molar-refractivity contribution in [2.75, 3.05) is 13.1 Å². The number of benzene rings is 1. The highest BCUT2D eigenvalue weighted by molar-refractivity contribution is 9.10. The molecular formula is C17H26BrN3O. The highest BCUT2D eigenvalue weighted by atomic mass is 79.9. The zero-order valence-electron chi connectivity index (χ0n) is 13.4. The van der Waals surface area contributed by atoms with Crippen LogP contribution in [0.1, 0.15) is 32.3 Å². The predicted molar refractivity (Wildman–Crippen MR) is 93.4 cm³/mol. The van der Waals surface area contributed by atoms with Gasteiger partial charge in [0.1, 0.15) is 0 Å². The molecule has 1 fully saturated rings. The average Bonchev–Trinajstić information content (AvgIpc) is 2.50. The molecule has 0 radical (unpaired) electrons. The Morgan fingerprint density at radius 1 is 1.32 bits per heavy atom. The fourth-order valence-electron chi connectivity index (χ4n) is 2.65. The van der Waals surface area contributed by atoms with Crippen molar-refractivity contribution in [3.63, 3.8) is 0 Å². The molecule has 0 bridgehead atoms. The first-order valence-electron chi connectivity index (χ1n) is 7.98. The molecule has 22 heavy (non-hydrogen) atoms. The van der Waals surface area contributed by atoms with Crippen LogP contribution < -0.4 is 11.1 Å². The van der Waals surface area contributed by atoms with Gasteiger partial charge in [0.2, 0.25) is 5.91 Å². The zero-order chi connectivity index (χ0) is 16.1. The molecule has 1 aliphatic heterocycles. The van der Waals surface area contributed by atoms with Crippen LogP contribution >= 0.6 is 15.9 Å². The summed E-state index contributed by atoms with van der Waals surface area (Å²) in [4.78, 5) is 14.5. The Hall–Kier alpha value is -0.910. The topological polar surface area (TPSA) is 58.4 Å². The van der Waals surface area contributed by atoms with Gasteiger partial charge in [0.25, 0.3) is 0 Å². The number of carbonyl (C=O) groups is 1. The van der Waals surface area contributed by atoms with Crippen LogP contribution in [0.2, 0.25) is 0 Å². The number of likely N-dealkylation sites (tertiary alicyclic amines) is 1. The van der Waals surface area contributed by atoms with E-state index in [2.05, 4.69) is 50.4 Å². The highest BCUT2D eigenvalue weighted by Gasteiger charge is 2.24. The summed E-state index contributed by atoms with van der Waals surface area (Å²) in [7, 11) is 0. The Bertz CT molecular complexity index is 481. The molecule has 3 N–H and O–H groups in total.